The largest absolute Gasteiger partial charge is 0.504 e. The molecule has 0 aliphatic heterocycles. The number of hydrogen-bond acceptors (Lipinski definition) is 4. The van der Waals surface area contributed by atoms with Crippen LogP contribution in [0, 0.1) is 0 Å². The van der Waals surface area contributed by atoms with Crippen molar-refractivity contribution in [2.24, 2.45) is 5.16 Å². The second-order valence-corrected chi connectivity index (χ2v) is 4.49. The van der Waals surface area contributed by atoms with Crippen molar-refractivity contribution >= 4 is 17.3 Å². The van der Waals surface area contributed by atoms with E-state index >= 15 is 0 Å². The minimum Gasteiger partial charge on any atom is -0.504 e. The molecule has 2 aromatic rings. The van der Waals surface area contributed by atoms with Crippen LogP contribution in [0.4, 0.5) is 0 Å². The zero-order valence-corrected chi connectivity index (χ0v) is 10.7. The molecule has 0 saturated carbocycles. The van der Waals surface area contributed by atoms with E-state index in [1.807, 2.05) is 6.07 Å². The lowest BCUT2D eigenvalue weighted by Crippen LogP contribution is -2.05. The minimum absolute atomic E-state index is 0.219. The quantitative estimate of drug-likeness (QED) is 0.349. The van der Waals surface area contributed by atoms with Crippen molar-refractivity contribution in [1.29, 1.82) is 0 Å². The van der Waals surface area contributed by atoms with Gasteiger partial charge in [-0.3, -0.25) is 0 Å². The molecule has 0 heterocycles. The van der Waals surface area contributed by atoms with E-state index in [0.717, 1.165) is 5.56 Å². The Morgan fingerprint density at radius 1 is 1.05 bits per heavy atom. The van der Waals surface area contributed by atoms with Crippen LogP contribution < -0.4 is 0 Å². The molecule has 0 fully saturated rings. The van der Waals surface area contributed by atoms with Gasteiger partial charge in [0.2, 0.25) is 0 Å². The molecule has 5 heteroatoms. The van der Waals surface area contributed by atoms with Crippen LogP contribution in [-0.4, -0.2) is 21.1 Å². The first kappa shape index (κ1) is 13.2. The van der Waals surface area contributed by atoms with Crippen LogP contribution in [0.2, 0.25) is 5.02 Å². The Kier molecular flexibility index (Phi) is 3.92. The maximum atomic E-state index is 9.45. The molecule has 3 N–H and O–H groups in total. The van der Waals surface area contributed by atoms with Gasteiger partial charge in [-0.2, -0.15) is 0 Å². The molecule has 2 rings (SSSR count). The topological polar surface area (TPSA) is 73.1 Å². The van der Waals surface area contributed by atoms with E-state index in [2.05, 4.69) is 5.16 Å². The summed E-state index contributed by atoms with van der Waals surface area (Å²) in [5, 5.41) is 31.6. The first-order valence-electron chi connectivity index (χ1n) is 5.58. The average Bonchev–Trinajstić information content (AvgIpc) is 2.39. The fourth-order valence-corrected chi connectivity index (χ4v) is 1.95. The van der Waals surface area contributed by atoms with Gasteiger partial charge >= 0.3 is 0 Å². The highest BCUT2D eigenvalue weighted by molar-refractivity contribution is 6.30. The third-order valence-corrected chi connectivity index (χ3v) is 2.93. The summed E-state index contributed by atoms with van der Waals surface area (Å²) in [5.41, 5.74) is 1.78. The number of phenols is 2. The zero-order valence-electron chi connectivity index (χ0n) is 9.92. The Bertz CT molecular complexity index is 626. The highest BCUT2D eigenvalue weighted by atomic mass is 35.5. The van der Waals surface area contributed by atoms with Crippen molar-refractivity contribution in [3.63, 3.8) is 0 Å². The molecular formula is C14H12ClNO3. The van der Waals surface area contributed by atoms with Crippen molar-refractivity contribution in [3.8, 4) is 11.5 Å². The van der Waals surface area contributed by atoms with Gasteiger partial charge in [0.1, 0.15) is 0 Å². The third kappa shape index (κ3) is 3.17. The van der Waals surface area contributed by atoms with Crippen molar-refractivity contribution < 1.29 is 15.4 Å². The van der Waals surface area contributed by atoms with Gasteiger partial charge in [0.25, 0.3) is 0 Å². The van der Waals surface area contributed by atoms with Gasteiger partial charge in [-0.25, -0.2) is 0 Å². The summed E-state index contributed by atoms with van der Waals surface area (Å²) in [6, 6.07) is 11.4. The Balaban J connectivity index is 2.28. The summed E-state index contributed by atoms with van der Waals surface area (Å²) >= 11 is 5.89. The van der Waals surface area contributed by atoms with E-state index in [0.29, 0.717) is 22.7 Å². The van der Waals surface area contributed by atoms with E-state index in [1.54, 1.807) is 24.3 Å². The molecule has 0 bridgehead atoms. The van der Waals surface area contributed by atoms with Crippen molar-refractivity contribution in [1.82, 2.24) is 0 Å². The fraction of sp³-hybridized carbons (Fsp3) is 0.0714. The molecule has 0 aliphatic carbocycles. The third-order valence-electron chi connectivity index (χ3n) is 2.69. The summed E-state index contributed by atoms with van der Waals surface area (Å²) in [4.78, 5) is 0. The number of oxime groups is 1. The van der Waals surface area contributed by atoms with Crippen LogP contribution in [0.1, 0.15) is 11.1 Å². The number of aromatic hydroxyl groups is 2. The summed E-state index contributed by atoms with van der Waals surface area (Å²) in [6.07, 6.45) is 0.362. The maximum absolute atomic E-state index is 9.45. The minimum atomic E-state index is -0.259. The van der Waals surface area contributed by atoms with Gasteiger partial charge < -0.3 is 15.4 Å². The molecule has 4 nitrogen and oxygen atoms in total. The summed E-state index contributed by atoms with van der Waals surface area (Å²) < 4.78 is 0. The van der Waals surface area contributed by atoms with E-state index < -0.39 is 0 Å². The average molecular weight is 278 g/mol. The van der Waals surface area contributed by atoms with Crippen molar-refractivity contribution in [2.45, 2.75) is 6.42 Å². The Labute approximate surface area is 115 Å². The first-order valence-corrected chi connectivity index (χ1v) is 5.95. The molecule has 0 aromatic heterocycles. The van der Waals surface area contributed by atoms with Crippen LogP contribution >= 0.6 is 11.6 Å². The molecule has 0 atom stereocenters. The maximum Gasteiger partial charge on any atom is 0.158 e. The predicted octanol–water partition coefficient (Wildman–Crippen LogP) is 3.17. The predicted molar refractivity (Wildman–Crippen MR) is 73.3 cm³/mol. The number of rotatable bonds is 3. The molecule has 0 radical (unpaired) electrons. The lowest BCUT2D eigenvalue weighted by Gasteiger charge is -2.07. The fourth-order valence-electron chi connectivity index (χ4n) is 1.74. The summed E-state index contributed by atoms with van der Waals surface area (Å²) in [5.74, 6) is -0.478. The molecular weight excluding hydrogens is 266 g/mol. The molecule has 0 spiro atoms. The molecule has 0 unspecified atom stereocenters. The van der Waals surface area contributed by atoms with Gasteiger partial charge in [0.15, 0.2) is 11.5 Å². The molecule has 0 aliphatic rings. The summed E-state index contributed by atoms with van der Waals surface area (Å²) in [7, 11) is 0. The Hall–Kier alpha value is -2.20. The van der Waals surface area contributed by atoms with E-state index in [4.69, 9.17) is 16.8 Å². The SMILES string of the molecule is O/N=C(\Cc1cccc(Cl)c1)c1ccc(O)c(O)c1. The van der Waals surface area contributed by atoms with Crippen molar-refractivity contribution in [3.05, 3.63) is 58.6 Å². The number of hydrogen-bond donors (Lipinski definition) is 3. The normalized spacial score (nSPS) is 11.5. The van der Waals surface area contributed by atoms with Gasteiger partial charge in [0.05, 0.1) is 5.71 Å². The zero-order chi connectivity index (χ0) is 13.8. The lowest BCUT2D eigenvalue weighted by atomic mass is 10.0. The molecule has 2 aromatic carbocycles. The monoisotopic (exact) mass is 277 g/mol. The van der Waals surface area contributed by atoms with Crippen LogP contribution in [0.5, 0.6) is 11.5 Å². The Morgan fingerprint density at radius 2 is 1.84 bits per heavy atom. The van der Waals surface area contributed by atoms with E-state index in [1.165, 1.54) is 12.1 Å². The van der Waals surface area contributed by atoms with Crippen LogP contribution in [0.3, 0.4) is 0 Å². The van der Waals surface area contributed by atoms with E-state index in [9.17, 15) is 10.2 Å². The second kappa shape index (κ2) is 5.63. The smallest absolute Gasteiger partial charge is 0.158 e. The molecule has 98 valence electrons. The molecule has 0 amide bonds. The van der Waals surface area contributed by atoms with Crippen LogP contribution in [-0.2, 0) is 6.42 Å². The highest BCUT2D eigenvalue weighted by Crippen LogP contribution is 2.26. The van der Waals surface area contributed by atoms with Gasteiger partial charge in [-0.15, -0.1) is 0 Å². The van der Waals surface area contributed by atoms with Gasteiger partial charge in [0, 0.05) is 17.0 Å². The first-order chi connectivity index (χ1) is 9.10. The number of benzene rings is 2. The molecule has 19 heavy (non-hydrogen) atoms. The van der Waals surface area contributed by atoms with Crippen molar-refractivity contribution in [2.75, 3.05) is 0 Å². The number of halogens is 1. The second-order valence-electron chi connectivity index (χ2n) is 4.06. The molecule has 0 saturated heterocycles. The Morgan fingerprint density at radius 3 is 2.47 bits per heavy atom. The van der Waals surface area contributed by atoms with E-state index in [-0.39, 0.29) is 11.5 Å². The lowest BCUT2D eigenvalue weighted by molar-refractivity contribution is 0.318. The van der Waals surface area contributed by atoms with Gasteiger partial charge in [-0.05, 0) is 35.9 Å². The summed E-state index contributed by atoms with van der Waals surface area (Å²) in [6.45, 7) is 0. The van der Waals surface area contributed by atoms with Gasteiger partial charge in [-0.1, -0.05) is 28.9 Å². The van der Waals surface area contributed by atoms with Crippen LogP contribution in [0.15, 0.2) is 47.6 Å². The van der Waals surface area contributed by atoms with Crippen LogP contribution in [0.25, 0.3) is 0 Å². The number of nitrogens with zero attached hydrogens (tertiary/aromatic N) is 1. The highest BCUT2D eigenvalue weighted by Gasteiger charge is 2.09. The standard InChI is InChI=1S/C14H12ClNO3/c15-11-3-1-2-9(6-11)7-12(16-19)10-4-5-13(17)14(18)8-10/h1-6,8,17-19H,7H2/b16-12+. The number of phenolic OH excluding ortho intramolecular Hbond substituents is 2.